The molecule has 0 bridgehead atoms. The highest BCUT2D eigenvalue weighted by molar-refractivity contribution is 5.27. The first-order valence-electron chi connectivity index (χ1n) is 6.25. The highest BCUT2D eigenvalue weighted by atomic mass is 16.5. The molecule has 1 aliphatic heterocycles. The molecule has 0 aliphatic carbocycles. The highest BCUT2D eigenvalue weighted by Gasteiger charge is 2.54. The molecule has 1 heterocycles. The molecule has 4 heteroatoms. The predicted octanol–water partition coefficient (Wildman–Crippen LogP) is 1.82. The first-order chi connectivity index (χ1) is 8.32. The first-order valence-corrected chi connectivity index (χ1v) is 6.25. The molecule has 0 spiro atoms. The van der Waals surface area contributed by atoms with E-state index in [2.05, 4.69) is 5.32 Å². The Bertz CT molecular complexity index is 427. The number of benzene rings is 1. The Kier molecular flexibility index (Phi) is 3.23. The molecular weight excluding hydrogens is 228 g/mol. The summed E-state index contributed by atoms with van der Waals surface area (Å²) in [6, 6.07) is 8.03. The van der Waals surface area contributed by atoms with Crippen LogP contribution in [0.1, 0.15) is 38.1 Å². The summed E-state index contributed by atoms with van der Waals surface area (Å²) in [6.45, 7) is 7.77. The lowest BCUT2D eigenvalue weighted by atomic mass is 9.83. The van der Waals surface area contributed by atoms with Crippen molar-refractivity contribution >= 4 is 0 Å². The number of hydroxylamine groups is 2. The number of aryl methyl sites for hydroxylation is 1. The molecule has 2 unspecified atom stereocenters. The van der Waals surface area contributed by atoms with E-state index in [1.807, 2.05) is 52.0 Å². The Labute approximate surface area is 108 Å². The third-order valence-corrected chi connectivity index (χ3v) is 4.33. The summed E-state index contributed by atoms with van der Waals surface area (Å²) in [5, 5.41) is 24.6. The molecule has 1 fully saturated rings. The Balaban J connectivity index is 2.35. The van der Waals surface area contributed by atoms with Crippen molar-refractivity contribution in [2.24, 2.45) is 0 Å². The van der Waals surface area contributed by atoms with Gasteiger partial charge in [0, 0.05) is 0 Å². The standard InChI is InChI=1S/C14H22N2O2/c1-10-5-7-11(8-6-10)12-15-14(4,9-17)13(2,3)16(12)18/h5-8,12,15,17-18H,9H2,1-4H3. The summed E-state index contributed by atoms with van der Waals surface area (Å²) >= 11 is 0. The third kappa shape index (κ3) is 1.86. The lowest BCUT2D eigenvalue weighted by Gasteiger charge is -2.38. The van der Waals surface area contributed by atoms with Gasteiger partial charge < -0.3 is 10.3 Å². The second kappa shape index (κ2) is 4.31. The van der Waals surface area contributed by atoms with E-state index in [1.54, 1.807) is 0 Å². The number of aliphatic hydroxyl groups excluding tert-OH is 1. The van der Waals surface area contributed by atoms with Crippen LogP contribution in [-0.4, -0.2) is 33.1 Å². The minimum atomic E-state index is -0.544. The van der Waals surface area contributed by atoms with E-state index < -0.39 is 11.1 Å². The average Bonchev–Trinajstić information content (AvgIpc) is 2.52. The van der Waals surface area contributed by atoms with Gasteiger partial charge in [-0.2, -0.15) is 5.06 Å². The van der Waals surface area contributed by atoms with Gasteiger partial charge in [0.05, 0.1) is 17.7 Å². The third-order valence-electron chi connectivity index (χ3n) is 4.33. The molecule has 1 aromatic rings. The van der Waals surface area contributed by atoms with E-state index in [9.17, 15) is 10.3 Å². The van der Waals surface area contributed by atoms with Crippen LogP contribution in [0.25, 0.3) is 0 Å². The molecule has 1 aliphatic rings. The monoisotopic (exact) mass is 250 g/mol. The summed E-state index contributed by atoms with van der Waals surface area (Å²) in [5.41, 5.74) is 1.09. The maximum atomic E-state index is 10.4. The molecule has 18 heavy (non-hydrogen) atoms. The van der Waals surface area contributed by atoms with E-state index in [-0.39, 0.29) is 12.8 Å². The largest absolute Gasteiger partial charge is 0.394 e. The number of rotatable bonds is 2. The van der Waals surface area contributed by atoms with Gasteiger partial charge in [0.15, 0.2) is 0 Å². The molecule has 1 saturated heterocycles. The maximum Gasteiger partial charge on any atom is 0.111 e. The van der Waals surface area contributed by atoms with Gasteiger partial charge >= 0.3 is 0 Å². The van der Waals surface area contributed by atoms with Crippen LogP contribution in [0.15, 0.2) is 24.3 Å². The van der Waals surface area contributed by atoms with Crippen molar-refractivity contribution < 1.29 is 10.3 Å². The summed E-state index contributed by atoms with van der Waals surface area (Å²) in [6.07, 6.45) is -0.294. The van der Waals surface area contributed by atoms with Crippen molar-refractivity contribution in [3.8, 4) is 0 Å². The molecule has 4 nitrogen and oxygen atoms in total. The number of aliphatic hydroxyl groups is 1. The second-order valence-electron chi connectivity index (χ2n) is 5.85. The second-order valence-corrected chi connectivity index (χ2v) is 5.85. The maximum absolute atomic E-state index is 10.4. The number of hydrogen-bond donors (Lipinski definition) is 3. The average molecular weight is 250 g/mol. The van der Waals surface area contributed by atoms with E-state index >= 15 is 0 Å². The van der Waals surface area contributed by atoms with E-state index in [4.69, 9.17) is 0 Å². The molecule has 2 rings (SSSR count). The van der Waals surface area contributed by atoms with Gasteiger partial charge in [-0.1, -0.05) is 29.8 Å². The van der Waals surface area contributed by atoms with Crippen LogP contribution in [-0.2, 0) is 0 Å². The fraction of sp³-hybridized carbons (Fsp3) is 0.571. The zero-order chi connectivity index (χ0) is 13.6. The van der Waals surface area contributed by atoms with Gasteiger partial charge in [0.25, 0.3) is 0 Å². The minimum Gasteiger partial charge on any atom is -0.394 e. The van der Waals surface area contributed by atoms with Crippen LogP contribution in [0.3, 0.4) is 0 Å². The zero-order valence-electron chi connectivity index (χ0n) is 11.4. The van der Waals surface area contributed by atoms with Gasteiger partial charge in [-0.25, -0.2) is 0 Å². The number of nitrogens with zero attached hydrogens (tertiary/aromatic N) is 1. The van der Waals surface area contributed by atoms with Crippen molar-refractivity contribution in [1.82, 2.24) is 10.4 Å². The smallest absolute Gasteiger partial charge is 0.111 e. The predicted molar refractivity (Wildman–Crippen MR) is 70.3 cm³/mol. The van der Waals surface area contributed by atoms with Crippen LogP contribution < -0.4 is 5.32 Å². The van der Waals surface area contributed by atoms with Crippen molar-refractivity contribution in [3.05, 3.63) is 35.4 Å². The molecule has 2 atom stereocenters. The zero-order valence-corrected chi connectivity index (χ0v) is 11.4. The highest BCUT2D eigenvalue weighted by Crippen LogP contribution is 2.40. The molecule has 0 saturated carbocycles. The molecule has 0 aromatic heterocycles. The Morgan fingerprint density at radius 3 is 2.22 bits per heavy atom. The molecule has 1 aromatic carbocycles. The SMILES string of the molecule is Cc1ccc(C2NC(C)(CO)C(C)(C)N2O)cc1. The van der Waals surface area contributed by atoms with Crippen LogP contribution >= 0.6 is 0 Å². The molecule has 0 amide bonds. The van der Waals surface area contributed by atoms with Gasteiger partial charge in [0.1, 0.15) is 6.17 Å². The minimum absolute atomic E-state index is 0.0284. The fourth-order valence-electron chi connectivity index (χ4n) is 2.33. The van der Waals surface area contributed by atoms with Gasteiger partial charge in [-0.3, -0.25) is 5.32 Å². The lowest BCUT2D eigenvalue weighted by molar-refractivity contribution is -0.176. The van der Waals surface area contributed by atoms with Crippen LogP contribution in [0.5, 0.6) is 0 Å². The van der Waals surface area contributed by atoms with Gasteiger partial charge in [-0.05, 0) is 33.3 Å². The quantitative estimate of drug-likeness (QED) is 0.749. The van der Waals surface area contributed by atoms with Crippen molar-refractivity contribution in [2.45, 2.75) is 44.9 Å². The van der Waals surface area contributed by atoms with Crippen molar-refractivity contribution in [1.29, 1.82) is 0 Å². The molecule has 3 N–H and O–H groups in total. The van der Waals surface area contributed by atoms with Crippen LogP contribution in [0.2, 0.25) is 0 Å². The van der Waals surface area contributed by atoms with E-state index in [0.717, 1.165) is 5.56 Å². The number of nitrogens with one attached hydrogen (secondary N) is 1. The summed E-state index contributed by atoms with van der Waals surface area (Å²) in [5.74, 6) is 0. The summed E-state index contributed by atoms with van der Waals surface area (Å²) < 4.78 is 0. The van der Waals surface area contributed by atoms with Crippen molar-refractivity contribution in [2.75, 3.05) is 6.61 Å². The summed E-state index contributed by atoms with van der Waals surface area (Å²) in [4.78, 5) is 0. The van der Waals surface area contributed by atoms with E-state index in [1.165, 1.54) is 10.6 Å². The fourth-order valence-corrected chi connectivity index (χ4v) is 2.33. The van der Waals surface area contributed by atoms with Crippen LogP contribution in [0, 0.1) is 6.92 Å². The van der Waals surface area contributed by atoms with E-state index in [0.29, 0.717) is 0 Å². The molecule has 0 radical (unpaired) electrons. The Morgan fingerprint density at radius 1 is 1.22 bits per heavy atom. The van der Waals surface area contributed by atoms with Gasteiger partial charge in [0.2, 0.25) is 0 Å². The Hall–Kier alpha value is -0.940. The van der Waals surface area contributed by atoms with Gasteiger partial charge in [-0.15, -0.1) is 0 Å². The van der Waals surface area contributed by atoms with Crippen molar-refractivity contribution in [3.63, 3.8) is 0 Å². The topological polar surface area (TPSA) is 55.7 Å². The Morgan fingerprint density at radius 2 is 1.78 bits per heavy atom. The molecule has 100 valence electrons. The first kappa shape index (κ1) is 13.5. The molecular formula is C14H22N2O2. The lowest BCUT2D eigenvalue weighted by Crippen LogP contribution is -2.57. The van der Waals surface area contributed by atoms with Crippen LogP contribution in [0.4, 0.5) is 0 Å². The summed E-state index contributed by atoms with van der Waals surface area (Å²) in [7, 11) is 0. The normalized spacial score (nSPS) is 31.8. The number of hydrogen-bond acceptors (Lipinski definition) is 4.